The predicted molar refractivity (Wildman–Crippen MR) is 100 cm³/mol. The van der Waals surface area contributed by atoms with Gasteiger partial charge in [0.2, 0.25) is 0 Å². The molecule has 2 N–H and O–H groups in total. The summed E-state index contributed by atoms with van der Waals surface area (Å²) < 4.78 is 14.7. The molecule has 6 nitrogen and oxygen atoms in total. The Kier molecular flexibility index (Phi) is 5.31. The number of nitriles is 1. The van der Waals surface area contributed by atoms with Crippen molar-refractivity contribution in [2.75, 3.05) is 26.1 Å². The molecule has 0 unspecified atom stereocenters. The Morgan fingerprint density at radius 3 is 2.88 bits per heavy atom. The van der Waals surface area contributed by atoms with Crippen molar-refractivity contribution >= 4 is 39.0 Å². The Morgan fingerprint density at radius 2 is 2.16 bits per heavy atom. The van der Waals surface area contributed by atoms with Crippen molar-refractivity contribution in [2.45, 2.75) is 12.8 Å². The number of ether oxygens (including phenoxy) is 2. The van der Waals surface area contributed by atoms with E-state index in [1.807, 2.05) is 12.1 Å². The summed E-state index contributed by atoms with van der Waals surface area (Å²) in [4.78, 5) is 3.40. The number of hydrogen-bond donors (Lipinski definition) is 2. The van der Waals surface area contributed by atoms with E-state index in [-0.39, 0.29) is 5.15 Å². The number of aromatic nitrogens is 2. The number of fused-ring (bicyclic) bond motifs is 1. The Labute approximate surface area is 154 Å². The van der Waals surface area contributed by atoms with Crippen LogP contribution in [-0.4, -0.2) is 30.1 Å². The van der Waals surface area contributed by atoms with Crippen molar-refractivity contribution in [1.29, 1.82) is 5.26 Å². The number of hydrogen-bond acceptors (Lipinski definition) is 6. The van der Waals surface area contributed by atoms with E-state index in [9.17, 15) is 0 Å². The third-order valence-corrected chi connectivity index (χ3v) is 5.03. The van der Waals surface area contributed by atoms with E-state index in [1.54, 1.807) is 14.2 Å². The van der Waals surface area contributed by atoms with Crippen molar-refractivity contribution < 1.29 is 9.47 Å². The Balaban J connectivity index is 1.64. The third kappa shape index (κ3) is 3.65. The minimum atomic E-state index is 0.256. The monoisotopic (exact) mass is 376 g/mol. The topological polar surface area (TPSA) is 83.0 Å². The van der Waals surface area contributed by atoms with Gasteiger partial charge in [-0.3, -0.25) is 0 Å². The van der Waals surface area contributed by atoms with Gasteiger partial charge in [0.1, 0.15) is 28.1 Å². The van der Waals surface area contributed by atoms with Crippen LogP contribution in [0.3, 0.4) is 0 Å². The summed E-state index contributed by atoms with van der Waals surface area (Å²) in [5.41, 5.74) is 2.51. The fraction of sp³-hybridized carbons (Fsp3) is 0.294. The van der Waals surface area contributed by atoms with Gasteiger partial charge in [-0.25, -0.2) is 0 Å². The van der Waals surface area contributed by atoms with Gasteiger partial charge >= 0.3 is 0 Å². The number of H-pyrrole nitrogens is 1. The van der Waals surface area contributed by atoms with Crippen molar-refractivity contribution in [3.8, 4) is 17.6 Å². The summed E-state index contributed by atoms with van der Waals surface area (Å²) in [6.45, 7) is 0.725. The number of nitrogens with one attached hydrogen (secondary N) is 2. The third-order valence-electron chi connectivity index (χ3n) is 3.86. The molecule has 2 aromatic heterocycles. The number of benzene rings is 1. The highest BCUT2D eigenvalue weighted by Gasteiger charge is 2.12. The minimum Gasteiger partial charge on any atom is -0.497 e. The molecule has 3 rings (SSSR count). The second kappa shape index (κ2) is 7.64. The summed E-state index contributed by atoms with van der Waals surface area (Å²) in [7, 11) is 3.29. The molecule has 0 aliphatic rings. The van der Waals surface area contributed by atoms with Crippen LogP contribution in [0, 0.1) is 11.3 Å². The highest BCUT2D eigenvalue weighted by Crippen LogP contribution is 2.32. The molecule has 1 aromatic carbocycles. The maximum atomic E-state index is 9.06. The Hall–Kier alpha value is -2.43. The van der Waals surface area contributed by atoms with E-state index >= 15 is 0 Å². The van der Waals surface area contributed by atoms with E-state index in [0.29, 0.717) is 5.56 Å². The molecule has 0 saturated carbocycles. The lowest BCUT2D eigenvalue weighted by molar-refractivity contribution is 0.398. The van der Waals surface area contributed by atoms with E-state index in [2.05, 4.69) is 26.8 Å². The number of anilines is 1. The molecule has 0 amide bonds. The van der Waals surface area contributed by atoms with Gasteiger partial charge in [0.05, 0.1) is 19.7 Å². The summed E-state index contributed by atoms with van der Waals surface area (Å²) in [5.74, 6) is 1.54. The van der Waals surface area contributed by atoms with Gasteiger partial charge in [0.25, 0.3) is 0 Å². The van der Waals surface area contributed by atoms with Gasteiger partial charge in [0.15, 0.2) is 5.15 Å². The molecule has 0 bridgehead atoms. The molecule has 25 heavy (non-hydrogen) atoms. The zero-order valence-corrected chi connectivity index (χ0v) is 15.4. The van der Waals surface area contributed by atoms with Crippen LogP contribution in [0.1, 0.15) is 17.7 Å². The van der Waals surface area contributed by atoms with Crippen molar-refractivity contribution in [1.82, 2.24) is 9.36 Å². The quantitative estimate of drug-likeness (QED) is 0.603. The molecule has 0 radical (unpaired) electrons. The predicted octanol–water partition coefficient (Wildman–Crippen LogP) is 4.21. The average Bonchev–Trinajstić information content (AvgIpc) is 3.20. The highest BCUT2D eigenvalue weighted by molar-refractivity contribution is 7.10. The van der Waals surface area contributed by atoms with Gasteiger partial charge in [-0.2, -0.15) is 9.64 Å². The summed E-state index contributed by atoms with van der Waals surface area (Å²) in [6.07, 6.45) is 1.76. The largest absolute Gasteiger partial charge is 0.497 e. The fourth-order valence-corrected chi connectivity index (χ4v) is 3.59. The number of nitrogens with zero attached hydrogens (tertiary/aromatic N) is 2. The van der Waals surface area contributed by atoms with Gasteiger partial charge < -0.3 is 19.8 Å². The number of halogens is 1. The zero-order chi connectivity index (χ0) is 17.8. The molecule has 0 fully saturated rings. The summed E-state index contributed by atoms with van der Waals surface area (Å²) >= 11 is 7.07. The number of aromatic amines is 1. The second-order valence-electron chi connectivity index (χ2n) is 5.41. The van der Waals surface area contributed by atoms with E-state index in [4.69, 9.17) is 26.3 Å². The molecular formula is C17H17ClN4O2S. The first-order valence-corrected chi connectivity index (χ1v) is 8.84. The normalized spacial score (nSPS) is 10.6. The smallest absolute Gasteiger partial charge is 0.162 e. The lowest BCUT2D eigenvalue weighted by Crippen LogP contribution is -2.02. The highest BCUT2D eigenvalue weighted by atomic mass is 35.5. The van der Waals surface area contributed by atoms with Crippen molar-refractivity contribution in [3.63, 3.8) is 0 Å². The molecule has 2 heterocycles. The molecular weight excluding hydrogens is 360 g/mol. The average molecular weight is 377 g/mol. The zero-order valence-electron chi connectivity index (χ0n) is 13.9. The molecule has 130 valence electrons. The molecule has 0 saturated heterocycles. The number of methoxy groups -OCH3 is 2. The van der Waals surface area contributed by atoms with Crippen LogP contribution in [0.15, 0.2) is 18.2 Å². The van der Waals surface area contributed by atoms with Crippen molar-refractivity contribution in [2.24, 2.45) is 0 Å². The SMILES string of the molecule is COc1cc(OC)c2cc(CCCNc3snc(Cl)c3C#N)[nH]c2c1. The van der Waals surface area contributed by atoms with E-state index in [0.717, 1.165) is 52.5 Å². The standard InChI is InChI=1S/C17H17ClN4O2S/c1-23-11-7-14-12(15(8-11)24-2)6-10(21-14)4-3-5-20-17-13(9-19)16(18)22-25-17/h6-8,20-21H,3-5H2,1-2H3. The van der Waals surface area contributed by atoms with Crippen LogP contribution in [-0.2, 0) is 6.42 Å². The number of aryl methyl sites for hydroxylation is 1. The lowest BCUT2D eigenvalue weighted by Gasteiger charge is -2.04. The maximum absolute atomic E-state index is 9.06. The van der Waals surface area contributed by atoms with Crippen molar-refractivity contribution in [3.05, 3.63) is 34.6 Å². The van der Waals surface area contributed by atoms with Gasteiger partial charge in [-0.1, -0.05) is 11.6 Å². The molecule has 0 aliphatic heterocycles. The maximum Gasteiger partial charge on any atom is 0.162 e. The molecule has 0 spiro atoms. The van der Waals surface area contributed by atoms with Gasteiger partial charge in [0, 0.05) is 29.8 Å². The minimum absolute atomic E-state index is 0.256. The van der Waals surface area contributed by atoms with Gasteiger partial charge in [-0.05, 0) is 30.4 Å². The Bertz CT molecular complexity index is 929. The summed E-state index contributed by atoms with van der Waals surface area (Å²) in [5, 5.41) is 14.3. The molecule has 0 aliphatic carbocycles. The van der Waals surface area contributed by atoms with Gasteiger partial charge in [-0.15, -0.1) is 0 Å². The van der Waals surface area contributed by atoms with Crippen LogP contribution in [0.2, 0.25) is 5.15 Å². The van der Waals surface area contributed by atoms with Crippen LogP contribution in [0.5, 0.6) is 11.5 Å². The number of rotatable bonds is 7. The van der Waals surface area contributed by atoms with Crippen LogP contribution < -0.4 is 14.8 Å². The first-order valence-electron chi connectivity index (χ1n) is 7.69. The van der Waals surface area contributed by atoms with Crippen LogP contribution >= 0.6 is 23.1 Å². The molecule has 8 heteroatoms. The van der Waals surface area contributed by atoms with E-state index < -0.39 is 0 Å². The molecule has 3 aromatic rings. The van der Waals surface area contributed by atoms with Crippen LogP contribution in [0.4, 0.5) is 5.00 Å². The second-order valence-corrected chi connectivity index (χ2v) is 6.54. The van der Waals surface area contributed by atoms with Crippen LogP contribution in [0.25, 0.3) is 10.9 Å². The first-order chi connectivity index (χ1) is 12.2. The molecule has 0 atom stereocenters. The lowest BCUT2D eigenvalue weighted by atomic mass is 10.2. The fourth-order valence-electron chi connectivity index (χ4n) is 2.63. The van der Waals surface area contributed by atoms with E-state index in [1.165, 1.54) is 11.5 Å². The summed E-state index contributed by atoms with van der Waals surface area (Å²) in [6, 6.07) is 7.99. The Morgan fingerprint density at radius 1 is 1.32 bits per heavy atom. The first kappa shape index (κ1) is 17.4.